The van der Waals surface area contributed by atoms with Gasteiger partial charge in [0.1, 0.15) is 0 Å². The summed E-state index contributed by atoms with van der Waals surface area (Å²) >= 11 is 0. The van der Waals surface area contributed by atoms with Gasteiger partial charge < -0.3 is 16.4 Å². The Labute approximate surface area is 135 Å². The molecule has 0 heterocycles. The van der Waals surface area contributed by atoms with Crippen LogP contribution in [0.1, 0.15) is 40.0 Å². The zero-order chi connectivity index (χ0) is 17.0. The predicted octanol–water partition coefficient (Wildman–Crippen LogP) is 3.29. The molecule has 1 unspecified atom stereocenters. The molecule has 4 N–H and O–H groups in total. The van der Waals surface area contributed by atoms with Gasteiger partial charge in [-0.3, -0.25) is 4.79 Å². The lowest BCUT2D eigenvalue weighted by Gasteiger charge is -2.17. The maximum Gasteiger partial charge on any atom is 0.319 e. The van der Waals surface area contributed by atoms with Crippen molar-refractivity contribution in [3.63, 3.8) is 0 Å². The SMILES string of the molecule is Cc1ccc(NC(=O)NC(C)c2ccccc2C)cc1C(N)=O. The van der Waals surface area contributed by atoms with Crippen LogP contribution in [0.3, 0.4) is 0 Å². The number of nitrogens with two attached hydrogens (primary N) is 1. The van der Waals surface area contributed by atoms with Crippen LogP contribution in [0.2, 0.25) is 0 Å². The van der Waals surface area contributed by atoms with Crippen LogP contribution >= 0.6 is 0 Å². The van der Waals surface area contributed by atoms with Gasteiger partial charge in [-0.2, -0.15) is 0 Å². The van der Waals surface area contributed by atoms with Gasteiger partial charge in [-0.15, -0.1) is 0 Å². The highest BCUT2D eigenvalue weighted by Crippen LogP contribution is 2.18. The lowest BCUT2D eigenvalue weighted by molar-refractivity contribution is 0.0999. The number of amides is 3. The zero-order valence-corrected chi connectivity index (χ0v) is 13.5. The van der Waals surface area contributed by atoms with Crippen LogP contribution in [0.25, 0.3) is 0 Å². The summed E-state index contributed by atoms with van der Waals surface area (Å²) < 4.78 is 0. The molecular weight excluding hydrogens is 290 g/mol. The molecule has 0 fully saturated rings. The monoisotopic (exact) mass is 311 g/mol. The topological polar surface area (TPSA) is 84.2 Å². The summed E-state index contributed by atoms with van der Waals surface area (Å²) in [5.41, 5.74) is 9.20. The third kappa shape index (κ3) is 4.10. The van der Waals surface area contributed by atoms with E-state index in [1.165, 1.54) is 0 Å². The van der Waals surface area contributed by atoms with Gasteiger partial charge in [-0.05, 0) is 49.6 Å². The lowest BCUT2D eigenvalue weighted by atomic mass is 10.0. The highest BCUT2D eigenvalue weighted by Gasteiger charge is 2.12. The second-order valence-electron chi connectivity index (χ2n) is 5.57. The van der Waals surface area contributed by atoms with Gasteiger partial charge in [0.05, 0.1) is 6.04 Å². The number of carbonyl (C=O) groups excluding carboxylic acids is 2. The van der Waals surface area contributed by atoms with Gasteiger partial charge in [-0.1, -0.05) is 30.3 Å². The lowest BCUT2D eigenvalue weighted by Crippen LogP contribution is -2.31. The Hall–Kier alpha value is -2.82. The van der Waals surface area contributed by atoms with E-state index in [1.807, 2.05) is 38.1 Å². The minimum Gasteiger partial charge on any atom is -0.366 e. The maximum atomic E-state index is 12.1. The minimum absolute atomic E-state index is 0.128. The van der Waals surface area contributed by atoms with E-state index < -0.39 is 5.91 Å². The van der Waals surface area contributed by atoms with Crippen LogP contribution < -0.4 is 16.4 Å². The molecule has 2 aromatic rings. The molecule has 0 aliphatic carbocycles. The number of carbonyl (C=O) groups is 2. The van der Waals surface area contributed by atoms with E-state index >= 15 is 0 Å². The Balaban J connectivity index is 2.07. The molecule has 0 saturated heterocycles. The molecule has 120 valence electrons. The first-order valence-electron chi connectivity index (χ1n) is 7.42. The van der Waals surface area contributed by atoms with Gasteiger partial charge in [0.25, 0.3) is 0 Å². The fraction of sp³-hybridized carbons (Fsp3) is 0.222. The molecule has 0 radical (unpaired) electrons. The molecule has 3 amide bonds. The third-order valence-electron chi connectivity index (χ3n) is 3.76. The molecule has 2 rings (SSSR count). The van der Waals surface area contributed by atoms with Crippen LogP contribution in [0.5, 0.6) is 0 Å². The highest BCUT2D eigenvalue weighted by molar-refractivity contribution is 5.97. The van der Waals surface area contributed by atoms with Gasteiger partial charge in [0, 0.05) is 11.3 Å². The van der Waals surface area contributed by atoms with E-state index in [1.54, 1.807) is 25.1 Å². The number of rotatable bonds is 4. The Morgan fingerprint density at radius 1 is 1.04 bits per heavy atom. The van der Waals surface area contributed by atoms with Crippen molar-refractivity contribution in [3.05, 3.63) is 64.7 Å². The fourth-order valence-corrected chi connectivity index (χ4v) is 2.48. The molecule has 0 aromatic heterocycles. The fourth-order valence-electron chi connectivity index (χ4n) is 2.48. The number of hydrogen-bond acceptors (Lipinski definition) is 2. The zero-order valence-electron chi connectivity index (χ0n) is 13.5. The number of urea groups is 1. The predicted molar refractivity (Wildman–Crippen MR) is 91.4 cm³/mol. The normalized spacial score (nSPS) is 11.6. The summed E-state index contributed by atoms with van der Waals surface area (Å²) in [6, 6.07) is 12.5. The second-order valence-corrected chi connectivity index (χ2v) is 5.57. The summed E-state index contributed by atoms with van der Waals surface area (Å²) in [6.07, 6.45) is 0. The molecule has 23 heavy (non-hydrogen) atoms. The number of anilines is 1. The number of aryl methyl sites for hydroxylation is 2. The number of nitrogens with one attached hydrogen (secondary N) is 2. The van der Waals surface area contributed by atoms with Crippen molar-refractivity contribution in [2.45, 2.75) is 26.8 Å². The van der Waals surface area contributed by atoms with E-state index in [-0.39, 0.29) is 12.1 Å². The van der Waals surface area contributed by atoms with Crippen molar-refractivity contribution >= 4 is 17.6 Å². The maximum absolute atomic E-state index is 12.1. The van der Waals surface area contributed by atoms with E-state index in [0.717, 1.165) is 16.7 Å². The minimum atomic E-state index is -0.514. The summed E-state index contributed by atoms with van der Waals surface area (Å²) in [5.74, 6) is -0.514. The van der Waals surface area contributed by atoms with Crippen LogP contribution in [0.15, 0.2) is 42.5 Å². The molecule has 0 aliphatic heterocycles. The third-order valence-corrected chi connectivity index (χ3v) is 3.76. The summed E-state index contributed by atoms with van der Waals surface area (Å²) in [7, 11) is 0. The largest absolute Gasteiger partial charge is 0.366 e. The van der Waals surface area contributed by atoms with Crippen LogP contribution in [0.4, 0.5) is 10.5 Å². The summed E-state index contributed by atoms with van der Waals surface area (Å²) in [6.45, 7) is 5.72. The molecule has 0 bridgehead atoms. The molecular formula is C18H21N3O2. The van der Waals surface area contributed by atoms with E-state index in [4.69, 9.17) is 5.73 Å². The van der Waals surface area contributed by atoms with Crippen molar-refractivity contribution in [1.29, 1.82) is 0 Å². The number of benzene rings is 2. The highest BCUT2D eigenvalue weighted by atomic mass is 16.2. The molecule has 0 spiro atoms. The first-order valence-corrected chi connectivity index (χ1v) is 7.42. The first kappa shape index (κ1) is 16.5. The van der Waals surface area contributed by atoms with Gasteiger partial charge in [0.15, 0.2) is 0 Å². The van der Waals surface area contributed by atoms with E-state index in [2.05, 4.69) is 10.6 Å². The molecule has 5 nitrogen and oxygen atoms in total. The number of hydrogen-bond donors (Lipinski definition) is 3. The Bertz CT molecular complexity index is 741. The first-order chi connectivity index (χ1) is 10.9. The Kier molecular flexibility index (Phi) is 5.01. The van der Waals surface area contributed by atoms with Crippen LogP contribution in [-0.4, -0.2) is 11.9 Å². The number of primary amides is 1. The quantitative estimate of drug-likeness (QED) is 0.809. The molecule has 2 aromatic carbocycles. The summed E-state index contributed by atoms with van der Waals surface area (Å²) in [5, 5.41) is 5.61. The van der Waals surface area contributed by atoms with E-state index in [0.29, 0.717) is 11.3 Å². The molecule has 0 aliphatic rings. The van der Waals surface area contributed by atoms with Crippen molar-refractivity contribution in [2.75, 3.05) is 5.32 Å². The van der Waals surface area contributed by atoms with Crippen LogP contribution in [0, 0.1) is 13.8 Å². The standard InChI is InChI=1S/C18H21N3O2/c1-11-6-4-5-7-15(11)13(3)20-18(23)21-14-9-8-12(2)16(10-14)17(19)22/h4-10,13H,1-3H3,(H2,19,22)(H2,20,21,23). The Morgan fingerprint density at radius 3 is 2.39 bits per heavy atom. The Morgan fingerprint density at radius 2 is 1.74 bits per heavy atom. The molecule has 0 saturated carbocycles. The van der Waals surface area contributed by atoms with Crippen molar-refractivity contribution in [3.8, 4) is 0 Å². The van der Waals surface area contributed by atoms with Crippen LogP contribution in [-0.2, 0) is 0 Å². The van der Waals surface area contributed by atoms with Crippen molar-refractivity contribution < 1.29 is 9.59 Å². The van der Waals surface area contributed by atoms with Gasteiger partial charge in [-0.25, -0.2) is 4.79 Å². The van der Waals surface area contributed by atoms with Crippen molar-refractivity contribution in [1.82, 2.24) is 5.32 Å². The second kappa shape index (κ2) is 6.96. The summed E-state index contributed by atoms with van der Waals surface area (Å²) in [4.78, 5) is 23.5. The van der Waals surface area contributed by atoms with Gasteiger partial charge >= 0.3 is 6.03 Å². The van der Waals surface area contributed by atoms with Gasteiger partial charge in [0.2, 0.25) is 5.91 Å². The average molecular weight is 311 g/mol. The molecule has 1 atom stereocenters. The van der Waals surface area contributed by atoms with Crippen molar-refractivity contribution in [2.24, 2.45) is 5.73 Å². The average Bonchev–Trinajstić information content (AvgIpc) is 2.49. The smallest absolute Gasteiger partial charge is 0.319 e. The van der Waals surface area contributed by atoms with E-state index in [9.17, 15) is 9.59 Å². The molecule has 5 heteroatoms.